The van der Waals surface area contributed by atoms with E-state index in [-0.39, 0.29) is 17.7 Å². The van der Waals surface area contributed by atoms with Crippen LogP contribution in [0.2, 0.25) is 0 Å². The van der Waals surface area contributed by atoms with Crippen molar-refractivity contribution in [1.29, 1.82) is 0 Å². The zero-order chi connectivity index (χ0) is 24.5. The van der Waals surface area contributed by atoms with Crippen molar-refractivity contribution >= 4 is 17.6 Å². The molecule has 0 saturated heterocycles. The van der Waals surface area contributed by atoms with E-state index in [1.807, 2.05) is 45.0 Å². The molecule has 2 aliphatic rings. The third-order valence-corrected chi connectivity index (χ3v) is 7.64. The summed E-state index contributed by atoms with van der Waals surface area (Å²) >= 11 is 0. The van der Waals surface area contributed by atoms with Crippen LogP contribution in [0.5, 0.6) is 11.5 Å². The fraction of sp³-hybridized carbons (Fsp3) is 0.500. The Kier molecular flexibility index (Phi) is 6.99. The number of anilines is 1. The fourth-order valence-electron chi connectivity index (χ4n) is 5.62. The highest BCUT2D eigenvalue weighted by molar-refractivity contribution is 6.10. The van der Waals surface area contributed by atoms with E-state index in [1.54, 1.807) is 19.2 Å². The van der Waals surface area contributed by atoms with E-state index in [2.05, 4.69) is 5.32 Å². The standard InChI is InChI=1S/C28H36N2O4/c1-17(2)24(29)26(31)34-21-13-11-20(12-14-21)28(19-9-7-5-6-8-10-19)22-15-16-23(33-4)18(3)25(22)30-27(28)32/h11-17,19,24H,5-10,29H2,1-4H3,(H,30,32)/t24-,28?/m0/s1. The van der Waals surface area contributed by atoms with Gasteiger partial charge in [0.05, 0.1) is 12.8 Å². The lowest BCUT2D eigenvalue weighted by atomic mass is 9.64. The van der Waals surface area contributed by atoms with Gasteiger partial charge in [0.2, 0.25) is 5.91 Å². The second-order valence-corrected chi connectivity index (χ2v) is 9.98. The number of methoxy groups -OCH3 is 1. The van der Waals surface area contributed by atoms with E-state index in [4.69, 9.17) is 15.2 Å². The van der Waals surface area contributed by atoms with Crippen LogP contribution in [0.4, 0.5) is 5.69 Å². The van der Waals surface area contributed by atoms with Gasteiger partial charge in [-0.2, -0.15) is 0 Å². The first-order chi connectivity index (χ1) is 16.3. The highest BCUT2D eigenvalue weighted by Gasteiger charge is 2.53. The zero-order valence-electron chi connectivity index (χ0n) is 20.6. The van der Waals surface area contributed by atoms with Crippen molar-refractivity contribution < 1.29 is 19.1 Å². The van der Waals surface area contributed by atoms with Gasteiger partial charge in [-0.3, -0.25) is 4.79 Å². The molecule has 34 heavy (non-hydrogen) atoms. The number of hydrogen-bond donors (Lipinski definition) is 2. The quantitative estimate of drug-likeness (QED) is 0.353. The minimum atomic E-state index is -0.784. The molecular weight excluding hydrogens is 428 g/mol. The summed E-state index contributed by atoms with van der Waals surface area (Å²) < 4.78 is 11.0. The van der Waals surface area contributed by atoms with Gasteiger partial charge in [0, 0.05) is 5.56 Å². The van der Waals surface area contributed by atoms with E-state index in [0.717, 1.165) is 53.8 Å². The molecule has 0 radical (unpaired) electrons. The van der Waals surface area contributed by atoms with E-state index < -0.39 is 17.4 Å². The Balaban J connectivity index is 1.78. The molecule has 1 saturated carbocycles. The number of amides is 1. The molecule has 2 aromatic rings. The Morgan fingerprint density at radius 1 is 1.06 bits per heavy atom. The van der Waals surface area contributed by atoms with Crippen LogP contribution in [-0.4, -0.2) is 25.0 Å². The van der Waals surface area contributed by atoms with Gasteiger partial charge in [0.15, 0.2) is 0 Å². The van der Waals surface area contributed by atoms with E-state index >= 15 is 0 Å². The Hall–Kier alpha value is -2.86. The lowest BCUT2D eigenvalue weighted by Crippen LogP contribution is -2.43. The van der Waals surface area contributed by atoms with Crippen LogP contribution in [0.15, 0.2) is 36.4 Å². The van der Waals surface area contributed by atoms with Crippen molar-refractivity contribution in [2.24, 2.45) is 17.6 Å². The molecule has 6 heteroatoms. The number of nitrogens with two attached hydrogens (primary N) is 1. The summed E-state index contributed by atoms with van der Waals surface area (Å²) in [6, 6.07) is 10.7. The summed E-state index contributed by atoms with van der Waals surface area (Å²) in [5, 5.41) is 3.20. The number of ether oxygens (including phenoxy) is 2. The second-order valence-electron chi connectivity index (χ2n) is 9.98. The number of rotatable bonds is 6. The largest absolute Gasteiger partial charge is 0.496 e. The number of benzene rings is 2. The number of nitrogens with one attached hydrogen (secondary N) is 1. The van der Waals surface area contributed by atoms with Crippen molar-refractivity contribution in [3.05, 3.63) is 53.1 Å². The molecule has 0 spiro atoms. The summed E-state index contributed by atoms with van der Waals surface area (Å²) in [4.78, 5) is 26.2. The maximum Gasteiger partial charge on any atom is 0.328 e. The van der Waals surface area contributed by atoms with Crippen LogP contribution < -0.4 is 20.5 Å². The average molecular weight is 465 g/mol. The smallest absolute Gasteiger partial charge is 0.328 e. The van der Waals surface area contributed by atoms with Crippen molar-refractivity contribution in [2.75, 3.05) is 12.4 Å². The normalized spacial score (nSPS) is 21.5. The first-order valence-electron chi connectivity index (χ1n) is 12.4. The molecule has 1 fully saturated rings. The topological polar surface area (TPSA) is 90.6 Å². The molecule has 3 N–H and O–H groups in total. The van der Waals surface area contributed by atoms with Crippen molar-refractivity contribution in [3.63, 3.8) is 0 Å². The predicted octanol–water partition coefficient (Wildman–Crippen LogP) is 5.10. The van der Waals surface area contributed by atoms with Gasteiger partial charge < -0.3 is 20.5 Å². The minimum Gasteiger partial charge on any atom is -0.496 e. The second kappa shape index (κ2) is 9.79. The molecule has 1 amide bonds. The van der Waals surface area contributed by atoms with Gasteiger partial charge >= 0.3 is 5.97 Å². The summed E-state index contributed by atoms with van der Waals surface area (Å²) in [5.74, 6) is 0.936. The molecule has 0 bridgehead atoms. The summed E-state index contributed by atoms with van der Waals surface area (Å²) in [6.07, 6.45) is 6.64. The number of hydrogen-bond acceptors (Lipinski definition) is 5. The average Bonchev–Trinajstić information content (AvgIpc) is 2.97. The SMILES string of the molecule is COc1ccc2c(c1C)NC(=O)C2(c1ccc(OC(=O)[C@@H](N)C(C)C)cc1)C1CCCCCC1. The first-order valence-corrected chi connectivity index (χ1v) is 12.4. The number of fused-ring (bicyclic) bond motifs is 1. The molecule has 182 valence electrons. The van der Waals surface area contributed by atoms with Crippen LogP contribution in [0.3, 0.4) is 0 Å². The van der Waals surface area contributed by atoms with Gasteiger partial charge in [0.25, 0.3) is 0 Å². The molecule has 2 aromatic carbocycles. The van der Waals surface area contributed by atoms with Gasteiger partial charge in [-0.1, -0.05) is 57.7 Å². The summed E-state index contributed by atoms with van der Waals surface area (Å²) in [5.41, 5.74) is 8.89. The Morgan fingerprint density at radius 2 is 1.71 bits per heavy atom. The van der Waals surface area contributed by atoms with Crippen molar-refractivity contribution in [2.45, 2.75) is 70.8 Å². The van der Waals surface area contributed by atoms with Crippen LogP contribution >= 0.6 is 0 Å². The third kappa shape index (κ3) is 4.09. The maximum atomic E-state index is 13.9. The molecular formula is C28H36N2O4. The molecule has 1 aliphatic carbocycles. The number of carbonyl (C=O) groups excluding carboxylic acids is 2. The molecule has 2 atom stereocenters. The highest BCUT2D eigenvalue weighted by atomic mass is 16.5. The van der Waals surface area contributed by atoms with Crippen LogP contribution in [0.25, 0.3) is 0 Å². The molecule has 1 heterocycles. The summed E-state index contributed by atoms with van der Waals surface area (Å²) in [7, 11) is 1.65. The first kappa shape index (κ1) is 24.3. The van der Waals surface area contributed by atoms with Gasteiger partial charge in [-0.15, -0.1) is 0 Å². The lowest BCUT2D eigenvalue weighted by molar-refractivity contribution is -0.136. The zero-order valence-corrected chi connectivity index (χ0v) is 20.6. The van der Waals surface area contributed by atoms with Gasteiger partial charge in [-0.25, -0.2) is 4.79 Å². The Morgan fingerprint density at radius 3 is 2.29 bits per heavy atom. The molecule has 1 aliphatic heterocycles. The molecule has 6 nitrogen and oxygen atoms in total. The Labute approximate surface area is 202 Å². The van der Waals surface area contributed by atoms with E-state index in [9.17, 15) is 9.59 Å². The van der Waals surface area contributed by atoms with Crippen LogP contribution in [0.1, 0.15) is 69.1 Å². The maximum absolute atomic E-state index is 13.9. The fourth-order valence-corrected chi connectivity index (χ4v) is 5.62. The minimum absolute atomic E-state index is 0.0100. The molecule has 4 rings (SSSR count). The van der Waals surface area contributed by atoms with E-state index in [0.29, 0.717) is 5.75 Å². The highest BCUT2D eigenvalue weighted by Crippen LogP contribution is 2.53. The lowest BCUT2D eigenvalue weighted by Gasteiger charge is -2.36. The number of esters is 1. The van der Waals surface area contributed by atoms with Crippen LogP contribution in [-0.2, 0) is 15.0 Å². The third-order valence-electron chi connectivity index (χ3n) is 7.64. The monoisotopic (exact) mass is 464 g/mol. The van der Waals surface area contributed by atoms with Gasteiger partial charge in [0.1, 0.15) is 23.0 Å². The van der Waals surface area contributed by atoms with Crippen LogP contribution in [0, 0.1) is 18.8 Å². The Bertz CT molecular complexity index is 1050. The van der Waals surface area contributed by atoms with Gasteiger partial charge in [-0.05, 0) is 60.9 Å². The molecule has 1 unspecified atom stereocenters. The molecule has 0 aromatic heterocycles. The van der Waals surface area contributed by atoms with Crippen molar-refractivity contribution in [1.82, 2.24) is 0 Å². The predicted molar refractivity (Wildman–Crippen MR) is 133 cm³/mol. The van der Waals surface area contributed by atoms with Crippen molar-refractivity contribution in [3.8, 4) is 11.5 Å². The number of carbonyl (C=O) groups is 2. The van der Waals surface area contributed by atoms with E-state index in [1.165, 1.54) is 12.8 Å². The summed E-state index contributed by atoms with van der Waals surface area (Å²) in [6.45, 7) is 5.76.